The third-order valence-corrected chi connectivity index (χ3v) is 1.49. The first-order chi connectivity index (χ1) is 4.33. The van der Waals surface area contributed by atoms with Crippen molar-refractivity contribution in [2.45, 2.75) is 6.04 Å². The van der Waals surface area contributed by atoms with Crippen LogP contribution in [-0.2, 0) is 14.9 Å². The summed E-state index contributed by atoms with van der Waals surface area (Å²) in [6, 6.07) is -1.56. The largest absolute Gasteiger partial charge is 0.480 e. The van der Waals surface area contributed by atoms with E-state index < -0.39 is 27.9 Å². The van der Waals surface area contributed by atoms with E-state index in [4.69, 9.17) is 15.4 Å². The van der Waals surface area contributed by atoms with Crippen molar-refractivity contribution in [3.63, 3.8) is 0 Å². The summed E-state index contributed by atoms with van der Waals surface area (Å²) >= 11 is 0. The van der Waals surface area contributed by atoms with Crippen LogP contribution in [0.5, 0.6) is 0 Å². The van der Waals surface area contributed by atoms with E-state index in [1.54, 1.807) is 0 Å². The zero-order chi connectivity index (χ0) is 8.36. The molecule has 0 aromatic heterocycles. The number of carboxylic acid groups (broad SMARTS) is 1. The van der Waals surface area contributed by atoms with Crippen LogP contribution in [0, 0.1) is 0 Å². The normalized spacial score (nSPS) is 13.3. The SMILES string of the molecule is Cl.N[C@H](CS(=O)(=O)O)C(=O)O. The second kappa shape index (κ2) is 4.50. The van der Waals surface area contributed by atoms with Crippen LogP contribution in [0.25, 0.3) is 0 Å². The third kappa shape index (κ3) is 7.53. The summed E-state index contributed by atoms with van der Waals surface area (Å²) in [4.78, 5) is 9.88. The Morgan fingerprint density at radius 1 is 1.55 bits per heavy atom. The quantitative estimate of drug-likeness (QED) is 0.494. The monoisotopic (exact) mass is 205 g/mol. The van der Waals surface area contributed by atoms with E-state index in [9.17, 15) is 13.2 Å². The fourth-order valence-electron chi connectivity index (χ4n) is 0.298. The molecule has 68 valence electrons. The molecule has 1 atom stereocenters. The van der Waals surface area contributed by atoms with Crippen LogP contribution >= 0.6 is 12.4 Å². The third-order valence-electron chi connectivity index (χ3n) is 0.707. The molecule has 4 N–H and O–H groups in total. The van der Waals surface area contributed by atoms with Gasteiger partial charge >= 0.3 is 5.97 Å². The van der Waals surface area contributed by atoms with Crippen molar-refractivity contribution in [2.75, 3.05) is 5.75 Å². The second-order valence-corrected chi connectivity index (χ2v) is 3.19. The Morgan fingerprint density at radius 3 is 2.00 bits per heavy atom. The van der Waals surface area contributed by atoms with Gasteiger partial charge in [0.25, 0.3) is 10.1 Å². The first-order valence-corrected chi connectivity index (χ1v) is 3.87. The van der Waals surface area contributed by atoms with E-state index in [2.05, 4.69) is 0 Å². The molecule has 0 rings (SSSR count). The van der Waals surface area contributed by atoms with Crippen LogP contribution in [0.3, 0.4) is 0 Å². The Hall–Kier alpha value is -0.370. The lowest BCUT2D eigenvalue weighted by Crippen LogP contribution is -2.36. The van der Waals surface area contributed by atoms with Gasteiger partial charge in [-0.25, -0.2) is 0 Å². The van der Waals surface area contributed by atoms with Gasteiger partial charge in [-0.15, -0.1) is 12.4 Å². The number of carbonyl (C=O) groups is 1. The van der Waals surface area contributed by atoms with Crippen molar-refractivity contribution in [1.82, 2.24) is 0 Å². The van der Waals surface area contributed by atoms with Gasteiger partial charge in [-0.05, 0) is 0 Å². The summed E-state index contributed by atoms with van der Waals surface area (Å²) in [5.41, 5.74) is 4.76. The summed E-state index contributed by atoms with van der Waals surface area (Å²) < 4.78 is 28.0. The number of rotatable bonds is 3. The minimum Gasteiger partial charge on any atom is -0.480 e. The molecule has 0 amide bonds. The maximum Gasteiger partial charge on any atom is 0.321 e. The van der Waals surface area contributed by atoms with Gasteiger partial charge in [0, 0.05) is 0 Å². The van der Waals surface area contributed by atoms with Gasteiger partial charge < -0.3 is 10.8 Å². The molecule has 11 heavy (non-hydrogen) atoms. The maximum atomic E-state index is 9.96. The van der Waals surface area contributed by atoms with E-state index in [1.807, 2.05) is 0 Å². The lowest BCUT2D eigenvalue weighted by molar-refractivity contribution is -0.138. The smallest absolute Gasteiger partial charge is 0.321 e. The molecule has 0 aliphatic heterocycles. The van der Waals surface area contributed by atoms with Gasteiger partial charge in [0.1, 0.15) is 11.8 Å². The lowest BCUT2D eigenvalue weighted by atomic mass is 10.4. The zero-order valence-corrected chi connectivity index (χ0v) is 6.93. The minimum atomic E-state index is -4.27. The van der Waals surface area contributed by atoms with E-state index in [0.717, 1.165) is 0 Å². The van der Waals surface area contributed by atoms with Crippen molar-refractivity contribution in [3.8, 4) is 0 Å². The van der Waals surface area contributed by atoms with Gasteiger partial charge in [-0.2, -0.15) is 8.42 Å². The van der Waals surface area contributed by atoms with Gasteiger partial charge in [-0.3, -0.25) is 9.35 Å². The highest BCUT2D eigenvalue weighted by atomic mass is 35.5. The molecule has 0 aliphatic rings. The number of halogens is 1. The Labute approximate surface area is 69.5 Å². The molecule has 0 aliphatic carbocycles. The number of carboxylic acids is 1. The van der Waals surface area contributed by atoms with Crippen molar-refractivity contribution in [3.05, 3.63) is 0 Å². The van der Waals surface area contributed by atoms with E-state index in [-0.39, 0.29) is 12.4 Å². The second-order valence-electron chi connectivity index (χ2n) is 1.69. The van der Waals surface area contributed by atoms with Gasteiger partial charge in [0.15, 0.2) is 0 Å². The van der Waals surface area contributed by atoms with Crippen LogP contribution < -0.4 is 5.73 Å². The topological polar surface area (TPSA) is 118 Å². The van der Waals surface area contributed by atoms with Gasteiger partial charge in [0.05, 0.1) is 0 Å². The summed E-state index contributed by atoms with van der Waals surface area (Å²) in [5.74, 6) is -2.42. The molecule has 0 spiro atoms. The summed E-state index contributed by atoms with van der Waals surface area (Å²) in [5, 5.41) is 8.04. The fourth-order valence-corrected chi connectivity index (χ4v) is 0.895. The average Bonchev–Trinajstić information content (AvgIpc) is 1.60. The van der Waals surface area contributed by atoms with Crippen LogP contribution in [-0.4, -0.2) is 35.8 Å². The van der Waals surface area contributed by atoms with E-state index >= 15 is 0 Å². The van der Waals surface area contributed by atoms with Crippen LogP contribution in [0.2, 0.25) is 0 Å². The number of nitrogens with two attached hydrogens (primary N) is 1. The molecule has 8 heteroatoms. The Morgan fingerprint density at radius 2 is 1.91 bits per heavy atom. The molecule has 0 unspecified atom stereocenters. The molecule has 0 heterocycles. The highest BCUT2D eigenvalue weighted by Crippen LogP contribution is 1.86. The molecule has 0 fully saturated rings. The summed E-state index contributed by atoms with van der Waals surface area (Å²) in [7, 11) is -4.27. The number of hydrogen-bond acceptors (Lipinski definition) is 4. The predicted molar refractivity (Wildman–Crippen MR) is 39.3 cm³/mol. The van der Waals surface area contributed by atoms with Crippen LogP contribution in [0.15, 0.2) is 0 Å². The molecular weight excluding hydrogens is 198 g/mol. The molecule has 0 radical (unpaired) electrons. The van der Waals surface area contributed by atoms with Crippen LogP contribution in [0.1, 0.15) is 0 Å². The highest BCUT2D eigenvalue weighted by Gasteiger charge is 2.18. The molecule has 0 aromatic carbocycles. The highest BCUT2D eigenvalue weighted by molar-refractivity contribution is 7.85. The van der Waals surface area contributed by atoms with Gasteiger partial charge in [-0.1, -0.05) is 0 Å². The van der Waals surface area contributed by atoms with Crippen molar-refractivity contribution in [1.29, 1.82) is 0 Å². The predicted octanol–water partition coefficient (Wildman–Crippen LogP) is -1.29. The number of hydrogen-bond donors (Lipinski definition) is 3. The average molecular weight is 206 g/mol. The zero-order valence-electron chi connectivity index (χ0n) is 5.30. The molecule has 0 aromatic rings. The standard InChI is InChI=1S/C3H7NO5S.ClH/c4-2(3(5)6)1-10(7,8)9;/h2H,1,4H2,(H,5,6)(H,7,8,9);1H/t2-;/m1./s1. The Bertz CT molecular complexity index is 224. The molecule has 0 saturated heterocycles. The first-order valence-electron chi connectivity index (χ1n) is 2.26. The van der Waals surface area contributed by atoms with Crippen molar-refractivity contribution >= 4 is 28.5 Å². The lowest BCUT2D eigenvalue weighted by Gasteiger charge is -2.01. The van der Waals surface area contributed by atoms with E-state index in [0.29, 0.717) is 0 Å². The molecule has 6 nitrogen and oxygen atoms in total. The van der Waals surface area contributed by atoms with Crippen LogP contribution in [0.4, 0.5) is 0 Å². The summed E-state index contributed by atoms with van der Waals surface area (Å²) in [6.45, 7) is 0. The Balaban J connectivity index is 0. The summed E-state index contributed by atoms with van der Waals surface area (Å²) in [6.07, 6.45) is 0. The van der Waals surface area contributed by atoms with Crippen molar-refractivity contribution < 1.29 is 22.9 Å². The molecular formula is C3H8ClNO5S. The number of aliphatic carboxylic acids is 1. The minimum absolute atomic E-state index is 0. The Kier molecular flexibility index (Phi) is 5.41. The molecule has 0 bridgehead atoms. The van der Waals surface area contributed by atoms with Crippen molar-refractivity contribution in [2.24, 2.45) is 5.73 Å². The first kappa shape index (κ1) is 13.2. The van der Waals surface area contributed by atoms with Gasteiger partial charge in [0.2, 0.25) is 0 Å². The molecule has 0 saturated carbocycles. The fraction of sp³-hybridized carbons (Fsp3) is 0.667. The maximum absolute atomic E-state index is 9.96. The van der Waals surface area contributed by atoms with E-state index in [1.165, 1.54) is 0 Å².